The van der Waals surface area contributed by atoms with Gasteiger partial charge in [-0.1, -0.05) is 6.07 Å². The molecule has 0 saturated carbocycles. The third-order valence-electron chi connectivity index (χ3n) is 4.70. The van der Waals surface area contributed by atoms with Crippen LogP contribution in [0.25, 0.3) is 28.2 Å². The summed E-state index contributed by atoms with van der Waals surface area (Å²) in [4.78, 5) is 37.0. The predicted molar refractivity (Wildman–Crippen MR) is 103 cm³/mol. The fourth-order valence-electron chi connectivity index (χ4n) is 3.26. The first-order chi connectivity index (χ1) is 13.1. The Labute approximate surface area is 155 Å². The predicted octanol–water partition coefficient (Wildman–Crippen LogP) is 2.36. The standard InChI is InChI=1S/C20H19N5O2/c21-18(26)6-4-14-11-23-19-16(14)9-15(12-24-19)13-3-5-17(22-10-13)20(27)25-7-1-2-8-25/h3-6,9-12H,1-2,7-8H2,(H2,21,26)(H,23,24)/b6-4+. The number of hydrogen-bond donors (Lipinski definition) is 2. The number of nitrogens with one attached hydrogen (secondary N) is 1. The molecule has 4 heterocycles. The molecule has 1 aliphatic rings. The molecule has 1 aliphatic heterocycles. The topological polar surface area (TPSA) is 105 Å². The van der Waals surface area contributed by atoms with Gasteiger partial charge in [0.1, 0.15) is 11.3 Å². The average molecular weight is 361 g/mol. The summed E-state index contributed by atoms with van der Waals surface area (Å²) >= 11 is 0. The molecule has 0 aromatic carbocycles. The molecule has 1 fully saturated rings. The quantitative estimate of drug-likeness (QED) is 0.696. The first-order valence-corrected chi connectivity index (χ1v) is 8.82. The van der Waals surface area contributed by atoms with Gasteiger partial charge in [0.05, 0.1) is 0 Å². The summed E-state index contributed by atoms with van der Waals surface area (Å²) in [5.41, 5.74) is 8.92. The van der Waals surface area contributed by atoms with E-state index in [1.54, 1.807) is 30.7 Å². The molecule has 136 valence electrons. The van der Waals surface area contributed by atoms with E-state index in [0.29, 0.717) is 5.69 Å². The zero-order valence-electron chi connectivity index (χ0n) is 14.7. The van der Waals surface area contributed by atoms with Crippen molar-refractivity contribution in [1.29, 1.82) is 0 Å². The highest BCUT2D eigenvalue weighted by atomic mass is 16.2. The number of aromatic nitrogens is 3. The van der Waals surface area contributed by atoms with Gasteiger partial charge < -0.3 is 15.6 Å². The van der Waals surface area contributed by atoms with Crippen LogP contribution in [0.5, 0.6) is 0 Å². The van der Waals surface area contributed by atoms with Crippen LogP contribution in [0, 0.1) is 0 Å². The van der Waals surface area contributed by atoms with E-state index in [4.69, 9.17) is 5.73 Å². The smallest absolute Gasteiger partial charge is 0.272 e. The molecule has 3 N–H and O–H groups in total. The fraction of sp³-hybridized carbons (Fsp3) is 0.200. The van der Waals surface area contributed by atoms with Crippen LogP contribution in [-0.2, 0) is 4.79 Å². The Kier molecular flexibility index (Phi) is 4.42. The van der Waals surface area contributed by atoms with Gasteiger partial charge in [0.2, 0.25) is 5.91 Å². The summed E-state index contributed by atoms with van der Waals surface area (Å²) in [6.45, 7) is 1.61. The van der Waals surface area contributed by atoms with Crippen LogP contribution in [0.1, 0.15) is 28.9 Å². The molecular formula is C20H19N5O2. The summed E-state index contributed by atoms with van der Waals surface area (Å²) in [6, 6.07) is 5.61. The van der Waals surface area contributed by atoms with E-state index in [1.165, 1.54) is 6.08 Å². The summed E-state index contributed by atoms with van der Waals surface area (Å²) in [5.74, 6) is -0.520. The van der Waals surface area contributed by atoms with Gasteiger partial charge >= 0.3 is 0 Å². The Morgan fingerprint density at radius 3 is 2.59 bits per heavy atom. The number of nitrogens with zero attached hydrogens (tertiary/aromatic N) is 3. The molecule has 4 rings (SSSR count). The van der Waals surface area contributed by atoms with E-state index in [1.807, 2.05) is 17.0 Å². The number of rotatable bonds is 4. The van der Waals surface area contributed by atoms with Gasteiger partial charge in [-0.15, -0.1) is 0 Å². The van der Waals surface area contributed by atoms with Crippen LogP contribution in [0.15, 0.2) is 42.9 Å². The van der Waals surface area contributed by atoms with E-state index < -0.39 is 5.91 Å². The van der Waals surface area contributed by atoms with Gasteiger partial charge in [0.15, 0.2) is 0 Å². The van der Waals surface area contributed by atoms with Gasteiger partial charge in [-0.3, -0.25) is 14.6 Å². The van der Waals surface area contributed by atoms with Gasteiger partial charge in [-0.2, -0.15) is 0 Å². The number of carbonyl (C=O) groups is 2. The van der Waals surface area contributed by atoms with Crippen molar-refractivity contribution in [2.45, 2.75) is 12.8 Å². The van der Waals surface area contributed by atoms with Crippen molar-refractivity contribution in [1.82, 2.24) is 19.9 Å². The zero-order chi connectivity index (χ0) is 18.8. The minimum atomic E-state index is -0.504. The molecule has 7 heteroatoms. The van der Waals surface area contributed by atoms with Crippen molar-refractivity contribution in [3.8, 4) is 11.1 Å². The number of amides is 2. The van der Waals surface area contributed by atoms with Crippen molar-refractivity contribution in [3.05, 3.63) is 54.1 Å². The van der Waals surface area contributed by atoms with Gasteiger partial charge in [0.25, 0.3) is 5.91 Å². The second-order valence-electron chi connectivity index (χ2n) is 6.53. The maximum absolute atomic E-state index is 12.4. The van der Waals surface area contributed by atoms with Crippen molar-refractivity contribution in [2.75, 3.05) is 13.1 Å². The van der Waals surface area contributed by atoms with E-state index >= 15 is 0 Å². The summed E-state index contributed by atoms with van der Waals surface area (Å²) in [7, 11) is 0. The minimum Gasteiger partial charge on any atom is -0.366 e. The number of primary amides is 1. The monoisotopic (exact) mass is 361 g/mol. The Morgan fingerprint density at radius 1 is 1.11 bits per heavy atom. The molecule has 3 aromatic heterocycles. The molecule has 0 spiro atoms. The highest BCUT2D eigenvalue weighted by Gasteiger charge is 2.20. The number of pyridine rings is 2. The third kappa shape index (κ3) is 3.44. The molecule has 1 saturated heterocycles. The lowest BCUT2D eigenvalue weighted by Gasteiger charge is -2.14. The summed E-state index contributed by atoms with van der Waals surface area (Å²) in [6.07, 6.45) is 10.3. The van der Waals surface area contributed by atoms with Crippen molar-refractivity contribution < 1.29 is 9.59 Å². The van der Waals surface area contributed by atoms with E-state index in [0.717, 1.165) is 53.7 Å². The van der Waals surface area contributed by atoms with Gasteiger partial charge in [0, 0.05) is 59.8 Å². The number of H-pyrrole nitrogens is 1. The normalized spacial score (nSPS) is 14.3. The maximum atomic E-state index is 12.4. The van der Waals surface area contributed by atoms with Crippen LogP contribution >= 0.6 is 0 Å². The van der Waals surface area contributed by atoms with Crippen molar-refractivity contribution in [2.24, 2.45) is 5.73 Å². The van der Waals surface area contributed by atoms with Crippen LogP contribution in [0.4, 0.5) is 0 Å². The summed E-state index contributed by atoms with van der Waals surface area (Å²) < 4.78 is 0. The molecule has 0 bridgehead atoms. The second kappa shape index (κ2) is 7.03. The van der Waals surface area contributed by atoms with Gasteiger partial charge in [-0.25, -0.2) is 4.98 Å². The SMILES string of the molecule is NC(=O)/C=C/c1c[nH]c2ncc(-c3ccc(C(=O)N4CCCC4)nc3)cc12. The maximum Gasteiger partial charge on any atom is 0.272 e. The number of aromatic amines is 1. The third-order valence-corrected chi connectivity index (χ3v) is 4.70. The largest absolute Gasteiger partial charge is 0.366 e. The minimum absolute atomic E-state index is 0.0165. The lowest BCUT2D eigenvalue weighted by molar-refractivity contribution is -0.113. The van der Waals surface area contributed by atoms with Crippen molar-refractivity contribution >= 4 is 28.9 Å². The Hall–Kier alpha value is -3.48. The molecule has 3 aromatic rings. The number of carbonyl (C=O) groups excluding carboxylic acids is 2. The molecular weight excluding hydrogens is 342 g/mol. The number of likely N-dealkylation sites (tertiary alicyclic amines) is 1. The number of fused-ring (bicyclic) bond motifs is 1. The lowest BCUT2D eigenvalue weighted by atomic mass is 10.1. The highest BCUT2D eigenvalue weighted by molar-refractivity contribution is 5.96. The Bertz CT molecular complexity index is 1030. The molecule has 7 nitrogen and oxygen atoms in total. The molecule has 0 atom stereocenters. The van der Waals surface area contributed by atoms with Crippen LogP contribution in [0.3, 0.4) is 0 Å². The number of hydrogen-bond acceptors (Lipinski definition) is 4. The van der Waals surface area contributed by atoms with Crippen molar-refractivity contribution in [3.63, 3.8) is 0 Å². The van der Waals surface area contributed by atoms with Crippen LogP contribution < -0.4 is 5.73 Å². The van der Waals surface area contributed by atoms with E-state index in [-0.39, 0.29) is 5.91 Å². The zero-order valence-corrected chi connectivity index (χ0v) is 14.7. The first-order valence-electron chi connectivity index (χ1n) is 8.82. The lowest BCUT2D eigenvalue weighted by Crippen LogP contribution is -2.28. The Morgan fingerprint density at radius 2 is 1.89 bits per heavy atom. The first kappa shape index (κ1) is 17.0. The summed E-state index contributed by atoms with van der Waals surface area (Å²) in [5, 5.41) is 0.877. The molecule has 0 aliphatic carbocycles. The van der Waals surface area contributed by atoms with E-state index in [2.05, 4.69) is 15.0 Å². The van der Waals surface area contributed by atoms with Gasteiger partial charge in [-0.05, 0) is 31.1 Å². The molecule has 0 unspecified atom stereocenters. The number of nitrogens with two attached hydrogens (primary N) is 1. The highest BCUT2D eigenvalue weighted by Crippen LogP contribution is 2.25. The second-order valence-corrected chi connectivity index (χ2v) is 6.53. The molecule has 27 heavy (non-hydrogen) atoms. The average Bonchev–Trinajstić information content (AvgIpc) is 3.35. The Balaban J connectivity index is 1.62. The van der Waals surface area contributed by atoms with Crippen LogP contribution in [-0.4, -0.2) is 44.8 Å². The van der Waals surface area contributed by atoms with E-state index in [9.17, 15) is 9.59 Å². The fourth-order valence-corrected chi connectivity index (χ4v) is 3.26. The molecule has 0 radical (unpaired) electrons. The van der Waals surface area contributed by atoms with Crippen LogP contribution in [0.2, 0.25) is 0 Å². The molecule has 2 amide bonds.